The van der Waals surface area contributed by atoms with Crippen LogP contribution in [0.1, 0.15) is 18.4 Å². The van der Waals surface area contributed by atoms with Gasteiger partial charge in [-0.3, -0.25) is 0 Å². The summed E-state index contributed by atoms with van der Waals surface area (Å²) in [5.74, 6) is -0.451. The number of rotatable bonds is 2. The van der Waals surface area contributed by atoms with E-state index in [1.54, 1.807) is 12.1 Å². The van der Waals surface area contributed by atoms with Gasteiger partial charge < -0.3 is 5.73 Å². The summed E-state index contributed by atoms with van der Waals surface area (Å²) >= 11 is 4.92. The van der Waals surface area contributed by atoms with Crippen molar-refractivity contribution >= 4 is 17.2 Å². The number of nitrogens with zero attached hydrogens (tertiary/aromatic N) is 1. The molecule has 1 aromatic heterocycles. The van der Waals surface area contributed by atoms with E-state index >= 15 is 0 Å². The van der Waals surface area contributed by atoms with Crippen LogP contribution in [0.5, 0.6) is 0 Å². The topological polar surface area (TPSA) is 38.9 Å². The third-order valence-corrected chi connectivity index (χ3v) is 2.89. The lowest BCUT2D eigenvalue weighted by Gasteiger charge is -2.13. The molecule has 1 heterocycles. The first-order chi connectivity index (χ1) is 6.17. The van der Waals surface area contributed by atoms with Crippen molar-refractivity contribution in [3.63, 3.8) is 0 Å². The van der Waals surface area contributed by atoms with E-state index in [9.17, 15) is 4.39 Å². The zero-order chi connectivity index (χ0) is 9.47. The highest BCUT2D eigenvalue weighted by molar-refractivity contribution is 7.80. The van der Waals surface area contributed by atoms with E-state index in [4.69, 9.17) is 18.0 Å². The molecule has 1 aliphatic carbocycles. The van der Waals surface area contributed by atoms with Gasteiger partial charge in [-0.15, -0.1) is 0 Å². The first-order valence-electron chi connectivity index (χ1n) is 4.08. The number of hydrogen-bond donors (Lipinski definition) is 1. The molecule has 2 N–H and O–H groups in total. The summed E-state index contributed by atoms with van der Waals surface area (Å²) < 4.78 is 13.3. The van der Waals surface area contributed by atoms with Gasteiger partial charge in [0.25, 0.3) is 0 Å². The molecule has 68 valence electrons. The maximum absolute atomic E-state index is 13.3. The second-order valence-electron chi connectivity index (χ2n) is 3.29. The minimum Gasteiger partial charge on any atom is -0.393 e. The molecule has 0 unspecified atom stereocenters. The van der Waals surface area contributed by atoms with Gasteiger partial charge in [-0.05, 0) is 18.9 Å². The summed E-state index contributed by atoms with van der Waals surface area (Å²) in [7, 11) is 0. The molecule has 13 heavy (non-hydrogen) atoms. The van der Waals surface area contributed by atoms with Crippen LogP contribution in [0.2, 0.25) is 0 Å². The molecule has 2 rings (SSSR count). The van der Waals surface area contributed by atoms with Gasteiger partial charge in [0, 0.05) is 17.2 Å². The third kappa shape index (κ3) is 1.21. The Balaban J connectivity index is 2.47. The first-order valence-corrected chi connectivity index (χ1v) is 4.48. The molecule has 0 bridgehead atoms. The SMILES string of the molecule is NC(=S)C1(c2cccnc2F)CC1. The van der Waals surface area contributed by atoms with E-state index in [2.05, 4.69) is 4.98 Å². The van der Waals surface area contributed by atoms with Gasteiger partial charge in [0.05, 0.1) is 4.99 Å². The van der Waals surface area contributed by atoms with Gasteiger partial charge in [0.15, 0.2) is 0 Å². The number of nitrogens with two attached hydrogens (primary N) is 1. The number of aromatic nitrogens is 1. The lowest BCUT2D eigenvalue weighted by atomic mass is 9.98. The van der Waals surface area contributed by atoms with Crippen molar-refractivity contribution in [3.05, 3.63) is 29.8 Å². The second-order valence-corrected chi connectivity index (χ2v) is 3.73. The zero-order valence-corrected chi connectivity index (χ0v) is 7.77. The molecule has 0 spiro atoms. The van der Waals surface area contributed by atoms with Crippen LogP contribution >= 0.6 is 12.2 Å². The predicted molar refractivity (Wildman–Crippen MR) is 51.9 cm³/mol. The van der Waals surface area contributed by atoms with Gasteiger partial charge in [0.2, 0.25) is 5.95 Å². The Kier molecular flexibility index (Phi) is 1.80. The molecule has 1 saturated carbocycles. The van der Waals surface area contributed by atoms with E-state index in [-0.39, 0.29) is 0 Å². The Morgan fingerprint density at radius 1 is 1.62 bits per heavy atom. The molecular weight excluding hydrogens is 187 g/mol. The van der Waals surface area contributed by atoms with E-state index < -0.39 is 11.4 Å². The molecule has 1 aromatic rings. The maximum Gasteiger partial charge on any atom is 0.217 e. The highest BCUT2D eigenvalue weighted by Gasteiger charge is 2.49. The summed E-state index contributed by atoms with van der Waals surface area (Å²) in [5.41, 5.74) is 5.72. The summed E-state index contributed by atoms with van der Waals surface area (Å²) in [4.78, 5) is 3.96. The predicted octanol–water partition coefficient (Wildman–Crippen LogP) is 1.54. The van der Waals surface area contributed by atoms with Crippen LogP contribution in [0.15, 0.2) is 18.3 Å². The molecule has 0 atom stereocenters. The molecule has 1 aliphatic rings. The largest absolute Gasteiger partial charge is 0.393 e. The van der Waals surface area contributed by atoms with E-state index in [1.807, 2.05) is 0 Å². The van der Waals surface area contributed by atoms with Crippen LogP contribution in [-0.2, 0) is 5.41 Å². The summed E-state index contributed by atoms with van der Waals surface area (Å²) in [6.45, 7) is 0. The van der Waals surface area contributed by atoms with Gasteiger partial charge >= 0.3 is 0 Å². The fourth-order valence-corrected chi connectivity index (χ4v) is 1.83. The Labute approximate surface area is 81.0 Å². The maximum atomic E-state index is 13.3. The summed E-state index contributed by atoms with van der Waals surface area (Å²) in [5, 5.41) is 0. The van der Waals surface area contributed by atoms with Crippen molar-refractivity contribution in [1.82, 2.24) is 4.98 Å². The van der Waals surface area contributed by atoms with Crippen molar-refractivity contribution in [2.24, 2.45) is 5.73 Å². The van der Waals surface area contributed by atoms with Crippen LogP contribution in [-0.4, -0.2) is 9.97 Å². The Morgan fingerprint density at radius 2 is 2.31 bits per heavy atom. The molecule has 0 aliphatic heterocycles. The zero-order valence-electron chi connectivity index (χ0n) is 6.96. The lowest BCUT2D eigenvalue weighted by molar-refractivity contribution is 0.560. The van der Waals surface area contributed by atoms with Crippen LogP contribution in [0.4, 0.5) is 4.39 Å². The fraction of sp³-hybridized carbons (Fsp3) is 0.333. The number of halogens is 1. The Bertz CT molecular complexity index is 360. The third-order valence-electron chi connectivity index (χ3n) is 2.50. The number of hydrogen-bond acceptors (Lipinski definition) is 2. The van der Waals surface area contributed by atoms with Gasteiger partial charge in [0.1, 0.15) is 0 Å². The standard InChI is InChI=1S/C9H9FN2S/c10-7-6(2-1-5-12-7)9(3-4-9)8(11)13/h1-2,5H,3-4H2,(H2,11,13). The molecular formula is C9H9FN2S. The molecule has 4 heteroatoms. The minimum atomic E-state index is -0.451. The average Bonchev–Trinajstić information content (AvgIpc) is 2.85. The van der Waals surface area contributed by atoms with E-state index in [1.165, 1.54) is 6.20 Å². The normalized spacial score (nSPS) is 18.2. The molecule has 0 saturated heterocycles. The summed E-state index contributed by atoms with van der Waals surface area (Å²) in [6.07, 6.45) is 3.10. The second kappa shape index (κ2) is 2.73. The Hall–Kier alpha value is -1.03. The lowest BCUT2D eigenvalue weighted by Crippen LogP contribution is -2.27. The van der Waals surface area contributed by atoms with Crippen molar-refractivity contribution in [2.45, 2.75) is 18.3 Å². The molecule has 1 fully saturated rings. The molecule has 0 radical (unpaired) electrons. The Morgan fingerprint density at radius 3 is 2.77 bits per heavy atom. The van der Waals surface area contributed by atoms with Crippen molar-refractivity contribution in [3.8, 4) is 0 Å². The van der Waals surface area contributed by atoms with E-state index in [0.29, 0.717) is 10.6 Å². The molecule has 0 amide bonds. The first kappa shape index (κ1) is 8.56. The highest BCUT2D eigenvalue weighted by Crippen LogP contribution is 2.48. The van der Waals surface area contributed by atoms with Gasteiger partial charge in [-0.1, -0.05) is 18.3 Å². The minimum absolute atomic E-state index is 0.374. The summed E-state index contributed by atoms with van der Waals surface area (Å²) in [6, 6.07) is 3.41. The molecule has 0 aromatic carbocycles. The van der Waals surface area contributed by atoms with Crippen LogP contribution in [0, 0.1) is 5.95 Å². The van der Waals surface area contributed by atoms with Crippen molar-refractivity contribution in [2.75, 3.05) is 0 Å². The average molecular weight is 196 g/mol. The fourth-order valence-electron chi connectivity index (χ4n) is 1.52. The van der Waals surface area contributed by atoms with Gasteiger partial charge in [-0.25, -0.2) is 4.98 Å². The van der Waals surface area contributed by atoms with E-state index in [0.717, 1.165) is 12.8 Å². The quantitative estimate of drug-likeness (QED) is 0.576. The van der Waals surface area contributed by atoms with Crippen molar-refractivity contribution < 1.29 is 4.39 Å². The van der Waals surface area contributed by atoms with Crippen LogP contribution in [0.3, 0.4) is 0 Å². The van der Waals surface area contributed by atoms with Crippen molar-refractivity contribution in [1.29, 1.82) is 0 Å². The van der Waals surface area contributed by atoms with Gasteiger partial charge in [-0.2, -0.15) is 4.39 Å². The smallest absolute Gasteiger partial charge is 0.217 e. The number of thiocarbonyl (C=S) groups is 1. The highest BCUT2D eigenvalue weighted by atomic mass is 32.1. The van der Waals surface area contributed by atoms with Crippen LogP contribution < -0.4 is 5.73 Å². The monoisotopic (exact) mass is 196 g/mol. The number of pyridine rings is 1. The molecule has 2 nitrogen and oxygen atoms in total. The van der Waals surface area contributed by atoms with Crippen LogP contribution in [0.25, 0.3) is 0 Å².